The summed E-state index contributed by atoms with van der Waals surface area (Å²) in [5, 5.41) is 0. The topological polar surface area (TPSA) is 9.23 Å². The molecule has 0 spiro atoms. The van der Waals surface area contributed by atoms with Gasteiger partial charge in [0.25, 0.3) is 0 Å². The summed E-state index contributed by atoms with van der Waals surface area (Å²) in [6, 6.07) is 15.4. The van der Waals surface area contributed by atoms with Crippen LogP contribution >= 0.6 is 0 Å². The summed E-state index contributed by atoms with van der Waals surface area (Å²) in [4.78, 5) is 0. The van der Waals surface area contributed by atoms with E-state index >= 15 is 0 Å². The molecule has 5 aliphatic rings. The maximum absolute atomic E-state index is 6.30. The first-order valence-electron chi connectivity index (χ1n) is 9.88. The van der Waals surface area contributed by atoms with Gasteiger partial charge in [0, 0.05) is 11.1 Å². The zero-order chi connectivity index (χ0) is 16.5. The number of benzene rings is 2. The van der Waals surface area contributed by atoms with E-state index in [1.807, 2.05) is 0 Å². The first-order valence-corrected chi connectivity index (χ1v) is 9.88. The van der Waals surface area contributed by atoms with Gasteiger partial charge in [0.1, 0.15) is 11.5 Å². The smallest absolute Gasteiger partial charge is 0.135 e. The van der Waals surface area contributed by atoms with Crippen LogP contribution in [0.25, 0.3) is 5.57 Å². The van der Waals surface area contributed by atoms with Gasteiger partial charge in [-0.2, -0.15) is 0 Å². The molecule has 1 heterocycles. The van der Waals surface area contributed by atoms with Crippen LogP contribution in [0.15, 0.2) is 48.0 Å². The van der Waals surface area contributed by atoms with Crippen molar-refractivity contribution in [3.8, 4) is 11.5 Å². The molecule has 0 aromatic heterocycles. The van der Waals surface area contributed by atoms with E-state index in [2.05, 4.69) is 49.4 Å². The highest BCUT2D eigenvalue weighted by Gasteiger charge is 2.47. The molecule has 1 aliphatic heterocycles. The number of para-hydroxylation sites is 1. The van der Waals surface area contributed by atoms with E-state index in [1.165, 1.54) is 54.4 Å². The second-order valence-electron chi connectivity index (χ2n) is 8.73. The molecule has 0 saturated heterocycles. The predicted octanol–water partition coefficient (Wildman–Crippen LogP) is 6.36. The quantitative estimate of drug-likeness (QED) is 0.466. The predicted molar refractivity (Wildman–Crippen MR) is 101 cm³/mol. The van der Waals surface area contributed by atoms with Crippen molar-refractivity contribution in [2.45, 2.75) is 39.0 Å². The lowest BCUT2D eigenvalue weighted by Crippen LogP contribution is -2.41. The van der Waals surface area contributed by atoms with Crippen molar-refractivity contribution >= 4 is 5.57 Å². The van der Waals surface area contributed by atoms with Crippen LogP contribution in [0, 0.1) is 30.6 Å². The van der Waals surface area contributed by atoms with E-state index in [-0.39, 0.29) is 0 Å². The fraction of sp³-hybridized carbons (Fsp3) is 0.417. The molecule has 1 heteroatoms. The Morgan fingerprint density at radius 2 is 1.44 bits per heavy atom. The van der Waals surface area contributed by atoms with Crippen molar-refractivity contribution in [3.63, 3.8) is 0 Å². The van der Waals surface area contributed by atoms with Crippen molar-refractivity contribution < 1.29 is 4.74 Å². The molecule has 4 fully saturated rings. The van der Waals surface area contributed by atoms with Gasteiger partial charge in [-0.25, -0.2) is 0 Å². The highest BCUT2D eigenvalue weighted by Crippen LogP contribution is 2.60. The van der Waals surface area contributed by atoms with Gasteiger partial charge in [0.05, 0.1) is 0 Å². The molecular weight excluding hydrogens is 304 g/mol. The van der Waals surface area contributed by atoms with Gasteiger partial charge in [0.15, 0.2) is 0 Å². The molecule has 4 aliphatic carbocycles. The number of hydrogen-bond acceptors (Lipinski definition) is 1. The summed E-state index contributed by atoms with van der Waals surface area (Å²) in [6.45, 7) is 2.15. The Balaban J connectivity index is 1.63. The highest BCUT2D eigenvalue weighted by molar-refractivity contribution is 5.90. The van der Waals surface area contributed by atoms with Gasteiger partial charge in [0.2, 0.25) is 0 Å². The molecule has 0 radical (unpaired) electrons. The second kappa shape index (κ2) is 5.00. The van der Waals surface area contributed by atoms with Crippen molar-refractivity contribution in [2.24, 2.45) is 23.7 Å². The summed E-state index contributed by atoms with van der Waals surface area (Å²) >= 11 is 0. The van der Waals surface area contributed by atoms with Crippen LogP contribution in [0.3, 0.4) is 0 Å². The van der Waals surface area contributed by atoms with Crippen LogP contribution in [0.4, 0.5) is 0 Å². The van der Waals surface area contributed by atoms with Crippen molar-refractivity contribution in [1.82, 2.24) is 0 Å². The lowest BCUT2D eigenvalue weighted by molar-refractivity contribution is 0.0705. The Bertz CT molecular complexity index is 874. The van der Waals surface area contributed by atoms with E-state index in [0.29, 0.717) is 0 Å². The van der Waals surface area contributed by atoms with Gasteiger partial charge in [-0.1, -0.05) is 35.9 Å². The van der Waals surface area contributed by atoms with Crippen LogP contribution in [-0.2, 0) is 0 Å². The molecule has 1 nitrogen and oxygen atoms in total. The highest BCUT2D eigenvalue weighted by atomic mass is 16.5. The number of ether oxygens (including phenoxy) is 1. The molecule has 2 aromatic carbocycles. The zero-order valence-electron chi connectivity index (χ0n) is 14.8. The van der Waals surface area contributed by atoms with E-state index in [0.717, 1.165) is 35.2 Å². The zero-order valence-corrected chi connectivity index (χ0v) is 14.8. The maximum Gasteiger partial charge on any atom is 0.135 e. The van der Waals surface area contributed by atoms with Crippen LogP contribution in [-0.4, -0.2) is 0 Å². The summed E-state index contributed by atoms with van der Waals surface area (Å²) in [7, 11) is 0. The first kappa shape index (κ1) is 14.2. The molecule has 0 atom stereocenters. The Morgan fingerprint density at radius 1 is 0.760 bits per heavy atom. The van der Waals surface area contributed by atoms with Gasteiger partial charge < -0.3 is 4.74 Å². The summed E-state index contributed by atoms with van der Waals surface area (Å²) in [5.41, 5.74) is 7.21. The minimum absolute atomic E-state index is 0.812. The van der Waals surface area contributed by atoms with Gasteiger partial charge in [-0.15, -0.1) is 0 Å². The fourth-order valence-electron chi connectivity index (χ4n) is 6.36. The Morgan fingerprint density at radius 3 is 2.20 bits per heavy atom. The van der Waals surface area contributed by atoms with Crippen LogP contribution in [0.5, 0.6) is 11.5 Å². The molecule has 4 saturated carbocycles. The third kappa shape index (κ3) is 2.02. The Labute approximate surface area is 149 Å². The SMILES string of the molecule is Cc1ccc2c(c1)Oc1ccccc1C2=C1C2CC3CC(C2)CC1C3. The number of allylic oxidation sites excluding steroid dienone is 1. The molecule has 0 N–H and O–H groups in total. The Kier molecular flexibility index (Phi) is 2.84. The minimum atomic E-state index is 0.812. The van der Waals surface area contributed by atoms with Crippen molar-refractivity contribution in [3.05, 3.63) is 64.7 Å². The van der Waals surface area contributed by atoms with E-state index in [1.54, 1.807) is 5.57 Å². The maximum atomic E-state index is 6.30. The summed E-state index contributed by atoms with van der Waals surface area (Å²) < 4.78 is 6.30. The molecular formula is C24H24O. The monoisotopic (exact) mass is 328 g/mol. The third-order valence-corrected chi connectivity index (χ3v) is 7.09. The average molecular weight is 328 g/mol. The molecule has 126 valence electrons. The number of rotatable bonds is 0. The lowest BCUT2D eigenvalue weighted by Gasteiger charge is -2.52. The molecule has 7 rings (SSSR count). The fourth-order valence-corrected chi connectivity index (χ4v) is 6.36. The summed E-state index contributed by atoms with van der Waals surface area (Å²) in [6.07, 6.45) is 7.21. The molecule has 0 amide bonds. The number of hydrogen-bond donors (Lipinski definition) is 0. The normalized spacial score (nSPS) is 31.6. The molecule has 25 heavy (non-hydrogen) atoms. The Hall–Kier alpha value is -2.02. The van der Waals surface area contributed by atoms with E-state index in [9.17, 15) is 0 Å². The lowest BCUT2D eigenvalue weighted by atomic mass is 9.53. The van der Waals surface area contributed by atoms with Crippen LogP contribution in [0.1, 0.15) is 48.8 Å². The number of aryl methyl sites for hydroxylation is 1. The third-order valence-electron chi connectivity index (χ3n) is 7.09. The molecule has 0 unspecified atom stereocenters. The molecule has 2 aromatic rings. The first-order chi connectivity index (χ1) is 12.3. The van der Waals surface area contributed by atoms with Crippen molar-refractivity contribution in [2.75, 3.05) is 0 Å². The van der Waals surface area contributed by atoms with Crippen LogP contribution < -0.4 is 4.74 Å². The van der Waals surface area contributed by atoms with E-state index < -0.39 is 0 Å². The van der Waals surface area contributed by atoms with Gasteiger partial charge >= 0.3 is 0 Å². The second-order valence-corrected chi connectivity index (χ2v) is 8.73. The average Bonchev–Trinajstić information content (AvgIpc) is 2.60. The van der Waals surface area contributed by atoms with Gasteiger partial charge in [-0.3, -0.25) is 0 Å². The molecule has 4 bridgehead atoms. The minimum Gasteiger partial charge on any atom is -0.456 e. The van der Waals surface area contributed by atoms with Crippen molar-refractivity contribution in [1.29, 1.82) is 0 Å². The largest absolute Gasteiger partial charge is 0.456 e. The van der Waals surface area contributed by atoms with Crippen LogP contribution in [0.2, 0.25) is 0 Å². The van der Waals surface area contributed by atoms with E-state index in [4.69, 9.17) is 4.74 Å². The van der Waals surface area contributed by atoms with Gasteiger partial charge in [-0.05, 0) is 86.0 Å². The standard InChI is InChI=1S/C24H24O/c1-14-6-7-20-22(8-14)25-21-5-3-2-4-19(21)24(20)23-17-10-15-9-16(12-17)13-18(23)11-15/h2-8,15-18H,9-13H2,1H3. The number of fused-ring (bicyclic) bond motifs is 2. The summed E-state index contributed by atoms with van der Waals surface area (Å²) in [5.74, 6) is 5.71.